The number of amides is 1. The second-order valence-electron chi connectivity index (χ2n) is 7.08. The number of pyridine rings is 1. The molecule has 26 heavy (non-hydrogen) atoms. The third-order valence-electron chi connectivity index (χ3n) is 5.61. The molecule has 1 amide bonds. The minimum atomic E-state index is 0.155. The molecule has 3 aromatic rings. The fraction of sp³-hybridized carbons (Fsp3) is 0.450. The first kappa shape index (κ1) is 16.8. The molecular weight excluding hydrogens is 326 g/mol. The Morgan fingerprint density at radius 2 is 1.96 bits per heavy atom. The molecule has 0 atom stereocenters. The highest BCUT2D eigenvalue weighted by atomic mass is 16.2. The molecule has 0 unspecified atom stereocenters. The molecule has 0 radical (unpaired) electrons. The third-order valence-corrected chi connectivity index (χ3v) is 5.61. The first-order valence-electron chi connectivity index (χ1n) is 9.35. The zero-order chi connectivity index (χ0) is 18.3. The van der Waals surface area contributed by atoms with Gasteiger partial charge in [0.1, 0.15) is 5.82 Å². The number of nitrogens with zero attached hydrogens (tertiary/aromatic N) is 5. The van der Waals surface area contributed by atoms with E-state index in [1.165, 1.54) is 0 Å². The van der Waals surface area contributed by atoms with E-state index in [0.717, 1.165) is 60.9 Å². The van der Waals surface area contributed by atoms with E-state index in [4.69, 9.17) is 0 Å². The number of hydrogen-bond donors (Lipinski definition) is 0. The Kier molecular flexibility index (Phi) is 4.26. The number of likely N-dealkylation sites (tertiary alicyclic amines) is 1. The van der Waals surface area contributed by atoms with Crippen LogP contribution in [-0.2, 0) is 6.54 Å². The molecule has 0 bridgehead atoms. The molecule has 6 nitrogen and oxygen atoms in total. The minimum Gasteiger partial charge on any atom is -0.349 e. The van der Waals surface area contributed by atoms with Gasteiger partial charge in [0.15, 0.2) is 5.65 Å². The van der Waals surface area contributed by atoms with Crippen LogP contribution in [-0.4, -0.2) is 43.1 Å². The largest absolute Gasteiger partial charge is 0.349 e. The van der Waals surface area contributed by atoms with E-state index in [1.807, 2.05) is 42.3 Å². The van der Waals surface area contributed by atoms with Crippen molar-refractivity contribution in [1.29, 1.82) is 0 Å². The zero-order valence-corrected chi connectivity index (χ0v) is 15.6. The highest BCUT2D eigenvalue weighted by Gasteiger charge is 2.28. The molecule has 4 rings (SSSR count). The molecule has 0 aromatic carbocycles. The summed E-state index contributed by atoms with van der Waals surface area (Å²) in [6, 6.07) is 7.97. The van der Waals surface area contributed by atoms with Crippen LogP contribution in [0.2, 0.25) is 0 Å². The summed E-state index contributed by atoms with van der Waals surface area (Å²) < 4.78 is 4.26. The summed E-state index contributed by atoms with van der Waals surface area (Å²) in [4.78, 5) is 15.0. The van der Waals surface area contributed by atoms with Crippen LogP contribution in [0.25, 0.3) is 5.65 Å². The molecule has 1 saturated heterocycles. The smallest absolute Gasteiger partial charge is 0.255 e. The van der Waals surface area contributed by atoms with E-state index in [1.54, 1.807) is 0 Å². The Hall–Kier alpha value is -2.63. The maximum Gasteiger partial charge on any atom is 0.255 e. The average molecular weight is 351 g/mol. The van der Waals surface area contributed by atoms with E-state index in [-0.39, 0.29) is 5.91 Å². The predicted molar refractivity (Wildman–Crippen MR) is 100 cm³/mol. The van der Waals surface area contributed by atoms with Crippen LogP contribution in [0.3, 0.4) is 0 Å². The molecule has 1 aliphatic heterocycles. The minimum absolute atomic E-state index is 0.155. The van der Waals surface area contributed by atoms with Gasteiger partial charge < -0.3 is 9.47 Å². The van der Waals surface area contributed by atoms with E-state index in [2.05, 4.69) is 33.0 Å². The molecule has 4 heterocycles. The van der Waals surface area contributed by atoms with Gasteiger partial charge in [-0.05, 0) is 51.8 Å². The fourth-order valence-corrected chi connectivity index (χ4v) is 4.15. The van der Waals surface area contributed by atoms with Gasteiger partial charge in [-0.1, -0.05) is 6.07 Å². The van der Waals surface area contributed by atoms with E-state index >= 15 is 0 Å². The van der Waals surface area contributed by atoms with Crippen LogP contribution in [0.1, 0.15) is 53.3 Å². The van der Waals surface area contributed by atoms with E-state index in [0.29, 0.717) is 5.92 Å². The molecule has 0 aliphatic carbocycles. The van der Waals surface area contributed by atoms with Crippen molar-refractivity contribution in [2.24, 2.45) is 0 Å². The molecule has 6 heteroatoms. The summed E-state index contributed by atoms with van der Waals surface area (Å²) in [5, 5.41) is 8.65. The first-order chi connectivity index (χ1) is 12.6. The molecule has 136 valence electrons. The van der Waals surface area contributed by atoms with E-state index in [9.17, 15) is 4.79 Å². The molecule has 1 fully saturated rings. The quantitative estimate of drug-likeness (QED) is 0.728. The third kappa shape index (κ3) is 2.69. The maximum atomic E-state index is 13.0. The van der Waals surface area contributed by atoms with Gasteiger partial charge >= 0.3 is 0 Å². The van der Waals surface area contributed by atoms with Crippen molar-refractivity contribution in [3.63, 3.8) is 0 Å². The van der Waals surface area contributed by atoms with Crippen molar-refractivity contribution in [2.75, 3.05) is 13.1 Å². The Balaban J connectivity index is 1.49. The van der Waals surface area contributed by atoms with Crippen molar-refractivity contribution in [1.82, 2.24) is 24.1 Å². The van der Waals surface area contributed by atoms with Gasteiger partial charge in [0, 0.05) is 43.1 Å². The van der Waals surface area contributed by atoms with Crippen molar-refractivity contribution in [2.45, 2.75) is 46.1 Å². The van der Waals surface area contributed by atoms with Crippen LogP contribution < -0.4 is 0 Å². The van der Waals surface area contributed by atoms with E-state index < -0.39 is 0 Å². The number of carbonyl (C=O) groups excluding carboxylic acids is 1. The normalized spacial score (nSPS) is 15.7. The zero-order valence-electron chi connectivity index (χ0n) is 15.6. The second-order valence-corrected chi connectivity index (χ2v) is 7.08. The lowest BCUT2D eigenvalue weighted by Crippen LogP contribution is -2.38. The van der Waals surface area contributed by atoms with Crippen LogP contribution >= 0.6 is 0 Å². The SMILES string of the molecule is CCn1c(C)cc(C(=O)N2CCC(c3nnc4ccccn34)CC2)c1C. The summed E-state index contributed by atoms with van der Waals surface area (Å²) in [6.07, 6.45) is 3.86. The van der Waals surface area contributed by atoms with Crippen molar-refractivity contribution in [3.05, 3.63) is 53.2 Å². The van der Waals surface area contributed by atoms with Crippen molar-refractivity contribution in [3.8, 4) is 0 Å². The van der Waals surface area contributed by atoms with Gasteiger partial charge in [0.2, 0.25) is 0 Å². The number of piperidine rings is 1. The fourth-order valence-electron chi connectivity index (χ4n) is 4.15. The van der Waals surface area contributed by atoms with Crippen LogP contribution in [0.15, 0.2) is 30.5 Å². The summed E-state index contributed by atoms with van der Waals surface area (Å²) in [5.74, 6) is 1.51. The standard InChI is InChI=1S/C20H25N5O/c1-4-24-14(2)13-17(15(24)3)20(26)23-11-8-16(9-12-23)19-22-21-18-7-5-6-10-25(18)19/h5-7,10,13,16H,4,8-9,11-12H2,1-3H3. The highest BCUT2D eigenvalue weighted by molar-refractivity contribution is 5.95. The number of aryl methyl sites for hydroxylation is 1. The number of hydrogen-bond acceptors (Lipinski definition) is 3. The number of carbonyl (C=O) groups is 1. The lowest BCUT2D eigenvalue weighted by atomic mass is 9.95. The first-order valence-corrected chi connectivity index (χ1v) is 9.35. The Bertz CT molecular complexity index is 946. The van der Waals surface area contributed by atoms with Gasteiger partial charge in [-0.25, -0.2) is 0 Å². The maximum absolute atomic E-state index is 13.0. The number of rotatable bonds is 3. The predicted octanol–water partition coefficient (Wildman–Crippen LogP) is 3.19. The topological polar surface area (TPSA) is 55.4 Å². The van der Waals surface area contributed by atoms with Crippen LogP contribution in [0.4, 0.5) is 0 Å². The Morgan fingerprint density at radius 1 is 1.19 bits per heavy atom. The second kappa shape index (κ2) is 6.59. The Labute approximate surface area is 153 Å². The summed E-state index contributed by atoms with van der Waals surface area (Å²) in [6.45, 7) is 8.65. The van der Waals surface area contributed by atoms with Gasteiger partial charge in [-0.15, -0.1) is 10.2 Å². The number of aromatic nitrogens is 4. The van der Waals surface area contributed by atoms with Crippen molar-refractivity contribution >= 4 is 11.6 Å². The summed E-state index contributed by atoms with van der Waals surface area (Å²) >= 11 is 0. The molecule has 0 spiro atoms. The van der Waals surface area contributed by atoms with Gasteiger partial charge in [-0.3, -0.25) is 9.20 Å². The lowest BCUT2D eigenvalue weighted by molar-refractivity contribution is 0.0710. The monoisotopic (exact) mass is 351 g/mol. The average Bonchev–Trinajstić information content (AvgIpc) is 3.22. The Morgan fingerprint density at radius 3 is 2.65 bits per heavy atom. The molecule has 3 aromatic heterocycles. The lowest BCUT2D eigenvalue weighted by Gasteiger charge is -2.31. The van der Waals surface area contributed by atoms with Crippen molar-refractivity contribution < 1.29 is 4.79 Å². The number of fused-ring (bicyclic) bond motifs is 1. The van der Waals surface area contributed by atoms with Crippen LogP contribution in [0, 0.1) is 13.8 Å². The molecule has 0 saturated carbocycles. The molecular formula is C20H25N5O. The van der Waals surface area contributed by atoms with Gasteiger partial charge in [-0.2, -0.15) is 0 Å². The van der Waals surface area contributed by atoms with Gasteiger partial charge in [0.05, 0.1) is 5.56 Å². The van der Waals surface area contributed by atoms with Gasteiger partial charge in [0.25, 0.3) is 5.91 Å². The molecule has 1 aliphatic rings. The summed E-state index contributed by atoms with van der Waals surface area (Å²) in [7, 11) is 0. The highest BCUT2D eigenvalue weighted by Crippen LogP contribution is 2.28. The molecule has 0 N–H and O–H groups in total. The summed E-state index contributed by atoms with van der Waals surface area (Å²) in [5.41, 5.74) is 3.95. The van der Waals surface area contributed by atoms with Crippen LogP contribution in [0.5, 0.6) is 0 Å².